The lowest BCUT2D eigenvalue weighted by molar-refractivity contribution is -0.188. The van der Waals surface area contributed by atoms with Crippen molar-refractivity contribution >= 4 is 48.6 Å². The summed E-state index contributed by atoms with van der Waals surface area (Å²) in [5.74, 6) is -4.48. The van der Waals surface area contributed by atoms with Crippen LogP contribution in [0.3, 0.4) is 0 Å². The molecule has 14 nitrogen and oxygen atoms in total. The first-order chi connectivity index (χ1) is 36.2. The zero-order chi connectivity index (χ0) is 60.6. The van der Waals surface area contributed by atoms with Crippen molar-refractivity contribution in [1.82, 2.24) is 4.90 Å². The number of hydrogen-bond donors (Lipinski definition) is 1. The zero-order valence-electron chi connectivity index (χ0n) is 54.4. The van der Waals surface area contributed by atoms with E-state index in [2.05, 4.69) is 135 Å². The highest BCUT2D eigenvalue weighted by Gasteiger charge is 2.56. The van der Waals surface area contributed by atoms with Gasteiger partial charge in [-0.05, 0) is 150 Å². The highest BCUT2D eigenvalue weighted by molar-refractivity contribution is 6.75. The maximum Gasteiger partial charge on any atom is 0.348 e. The molecule has 0 aromatic heterocycles. The van der Waals surface area contributed by atoms with Crippen LogP contribution in [0.15, 0.2) is 23.3 Å². The van der Waals surface area contributed by atoms with Crippen molar-refractivity contribution in [2.45, 2.75) is 283 Å². The number of fused-ring (bicyclic) bond motifs is 1. The third-order valence-electron chi connectivity index (χ3n) is 19.6. The number of cyclic esters (lactones) is 1. The number of ketones is 1. The van der Waals surface area contributed by atoms with E-state index in [9.17, 15) is 9.90 Å². The summed E-state index contributed by atoms with van der Waals surface area (Å²) >= 11 is 0. The smallest absolute Gasteiger partial charge is 0.348 e. The molecule has 2 aliphatic heterocycles. The molecule has 458 valence electrons. The van der Waals surface area contributed by atoms with Gasteiger partial charge in [0.2, 0.25) is 5.60 Å². The van der Waals surface area contributed by atoms with Gasteiger partial charge in [-0.2, -0.15) is 0 Å². The summed E-state index contributed by atoms with van der Waals surface area (Å²) in [6.07, 6.45) is 6.45. The van der Waals surface area contributed by atoms with Gasteiger partial charge in [0.05, 0.1) is 43.7 Å². The van der Waals surface area contributed by atoms with Gasteiger partial charge in [0.1, 0.15) is 17.9 Å². The minimum absolute atomic E-state index is 0.0109. The average Bonchev–Trinajstić information content (AvgIpc) is 3.35. The minimum Gasteiger partial charge on any atom is -0.466 e. The van der Waals surface area contributed by atoms with Crippen LogP contribution in [0.4, 0.5) is 0 Å². The molecule has 2 fully saturated rings. The summed E-state index contributed by atoms with van der Waals surface area (Å²) in [5, 5.41) is 12.5. The Morgan fingerprint density at radius 1 is 0.722 bits per heavy atom. The van der Waals surface area contributed by atoms with Crippen molar-refractivity contribution in [3.8, 4) is 0 Å². The first-order valence-electron chi connectivity index (χ1n) is 30.0. The molecule has 3 aliphatic rings. The van der Waals surface area contributed by atoms with Crippen molar-refractivity contribution in [2.75, 3.05) is 35.0 Å². The molecule has 1 amide bonds. The number of carbonyl (C=O) groups is 4. The number of Topliss-reactive ketones (excluding diaryl/α,β-unsaturated/α-hetero) is 1. The highest BCUT2D eigenvalue weighted by Crippen LogP contribution is 2.44. The Kier molecular flexibility index (Phi) is 25.8. The van der Waals surface area contributed by atoms with E-state index in [4.69, 9.17) is 37.0 Å². The highest BCUT2D eigenvalue weighted by atomic mass is 28.4. The molecule has 2 heterocycles. The van der Waals surface area contributed by atoms with E-state index >= 15 is 14.4 Å². The quantitative estimate of drug-likeness (QED) is 0.0802. The molecule has 1 saturated carbocycles. The van der Waals surface area contributed by atoms with E-state index < -0.39 is 96.8 Å². The normalized spacial score (nSPS) is 33.7. The van der Waals surface area contributed by atoms with Gasteiger partial charge in [-0.3, -0.25) is 9.59 Å². The van der Waals surface area contributed by atoms with Gasteiger partial charge in [-0.1, -0.05) is 108 Å². The van der Waals surface area contributed by atoms with E-state index in [1.807, 2.05) is 13.8 Å². The number of rotatable bonds is 13. The second kappa shape index (κ2) is 28.7. The van der Waals surface area contributed by atoms with Gasteiger partial charge >= 0.3 is 11.9 Å². The summed E-state index contributed by atoms with van der Waals surface area (Å²) < 4.78 is 52.6. The van der Waals surface area contributed by atoms with E-state index in [1.54, 1.807) is 28.3 Å². The lowest BCUT2D eigenvalue weighted by Crippen LogP contribution is -2.63. The topological polar surface area (TPSA) is 166 Å². The van der Waals surface area contributed by atoms with E-state index in [0.717, 1.165) is 31.1 Å². The van der Waals surface area contributed by atoms with Crippen LogP contribution in [-0.4, -0.2) is 148 Å². The number of amides is 1. The van der Waals surface area contributed by atoms with Gasteiger partial charge < -0.3 is 47.0 Å². The maximum atomic E-state index is 15.4. The fourth-order valence-corrected chi connectivity index (χ4v) is 15.4. The molecule has 0 radical (unpaired) electrons. The van der Waals surface area contributed by atoms with Gasteiger partial charge in [-0.15, -0.1) is 0 Å². The van der Waals surface area contributed by atoms with E-state index in [0.29, 0.717) is 38.5 Å². The summed E-state index contributed by atoms with van der Waals surface area (Å²) in [7, 11) is -1.10. The van der Waals surface area contributed by atoms with E-state index in [1.165, 1.54) is 4.90 Å². The molecule has 0 bridgehead atoms. The molecule has 3 rings (SSSR count). The Morgan fingerprint density at radius 2 is 1.24 bits per heavy atom. The standard InChI is InChI=1S/C62H115NO13Si3/c1-26-46-34-40(2)33-41(3)35-52(70-17)55(76-79(24,25)61(13,14)15)53(71-18)37-43(5)62(68,58(67)72-19)57(66)63-32-28-27-29-47(63)56(65)73-54(44(6)50(39-48(46)64)75-78(22,23)60(10,11)12)42(4)36-45-30-31-49(51(38-45)69-16)74-77(20,21)59(7,8)9/h34,36,41,43-47,49-55,68H,26-33,35,37-39H2,1-25H3/b40-34+,42-36+/t41-,43+,44+,45-,46+,47-,49+,50-,51+,52-,53-,54+,55?,62-/m0/s1. The fraction of sp³-hybridized carbons (Fsp3) is 0.871. The third-order valence-corrected chi connectivity index (χ3v) is 33.1. The van der Waals surface area contributed by atoms with Gasteiger partial charge in [0, 0.05) is 52.0 Å². The van der Waals surface area contributed by atoms with Gasteiger partial charge in [-0.25, -0.2) is 9.59 Å². The van der Waals surface area contributed by atoms with Crippen molar-refractivity contribution < 1.29 is 61.2 Å². The maximum absolute atomic E-state index is 15.4. The third kappa shape index (κ3) is 18.0. The Bertz CT molecular complexity index is 2070. The molecule has 0 spiro atoms. The Morgan fingerprint density at radius 3 is 1.75 bits per heavy atom. The molecule has 1 aliphatic carbocycles. The molecule has 1 unspecified atom stereocenters. The molecule has 0 aromatic carbocycles. The lowest BCUT2D eigenvalue weighted by atomic mass is 9.80. The number of carbonyl (C=O) groups excluding carboxylic acids is 4. The average molecular weight is 1170 g/mol. The molecular weight excluding hydrogens is 1050 g/mol. The molecular formula is C62H115NO13Si3. The van der Waals surface area contributed by atoms with Crippen molar-refractivity contribution in [1.29, 1.82) is 0 Å². The van der Waals surface area contributed by atoms with Crippen LogP contribution in [-0.2, 0) is 56.1 Å². The van der Waals surface area contributed by atoms with Crippen molar-refractivity contribution in [3.05, 3.63) is 23.3 Å². The number of piperidine rings is 1. The van der Waals surface area contributed by atoms with Crippen LogP contribution in [0.2, 0.25) is 54.4 Å². The summed E-state index contributed by atoms with van der Waals surface area (Å²) in [6.45, 7) is 45.1. The number of methoxy groups -OCH3 is 4. The summed E-state index contributed by atoms with van der Waals surface area (Å²) in [6, 6.07) is -1.14. The van der Waals surface area contributed by atoms with Crippen LogP contribution in [0, 0.1) is 29.6 Å². The Labute approximate surface area is 483 Å². The Hall–Kier alpha value is -2.07. The zero-order valence-corrected chi connectivity index (χ0v) is 57.4. The van der Waals surface area contributed by atoms with Gasteiger partial charge in [0.15, 0.2) is 25.0 Å². The van der Waals surface area contributed by atoms with Crippen LogP contribution >= 0.6 is 0 Å². The van der Waals surface area contributed by atoms with Crippen LogP contribution in [0.1, 0.15) is 174 Å². The predicted octanol–water partition coefficient (Wildman–Crippen LogP) is 13.2. The number of nitrogens with zero attached hydrogens (tertiary/aromatic N) is 1. The van der Waals surface area contributed by atoms with Gasteiger partial charge in [0.25, 0.3) is 5.91 Å². The minimum atomic E-state index is -2.72. The van der Waals surface area contributed by atoms with Crippen LogP contribution in [0.5, 0.6) is 0 Å². The lowest BCUT2D eigenvalue weighted by Gasteiger charge is -2.45. The van der Waals surface area contributed by atoms with Crippen molar-refractivity contribution in [3.63, 3.8) is 0 Å². The predicted molar refractivity (Wildman–Crippen MR) is 324 cm³/mol. The number of allylic oxidation sites excluding steroid dienone is 3. The summed E-state index contributed by atoms with van der Waals surface area (Å²) in [4.78, 5) is 61.3. The number of ether oxygens (including phenoxy) is 5. The molecule has 0 aromatic rings. The molecule has 1 N–H and O–H groups in total. The number of aliphatic hydroxyl groups is 1. The SMILES string of the molecule is CC[C@@H]1/C=C(\C)C[C@H](C)C[C@H](OC)C(O[Si](C)(C)C(C)(C)C)[C@@H](OC)C[C@@H](C)[C@@](O)(C(=O)OC)C(=O)N2CCCC[C@H]2C(=O)O[C@H](/C(C)=C/[C@@H]2CC[C@@H](O[Si](C)(C)C(C)(C)C)[C@H](OC)C2)[C@H](C)[C@@H](O[Si](C)(C)C(C)(C)C)CC1=O. The number of esters is 2. The van der Waals surface area contributed by atoms with Crippen LogP contribution < -0.4 is 0 Å². The second-order valence-electron chi connectivity index (χ2n) is 28.8. The first kappa shape index (κ1) is 71.2. The molecule has 1 saturated heterocycles. The molecule has 14 atom stereocenters. The van der Waals surface area contributed by atoms with Crippen molar-refractivity contribution in [2.24, 2.45) is 29.6 Å². The monoisotopic (exact) mass is 1170 g/mol. The number of hydrogen-bond acceptors (Lipinski definition) is 13. The van der Waals surface area contributed by atoms with E-state index in [-0.39, 0.29) is 76.7 Å². The first-order valence-corrected chi connectivity index (χ1v) is 38.7. The molecule has 17 heteroatoms. The summed E-state index contributed by atoms with van der Waals surface area (Å²) in [5.41, 5.74) is -0.819. The Balaban J connectivity index is 2.38. The fourth-order valence-electron chi connectivity index (χ4n) is 11.3. The molecule has 79 heavy (non-hydrogen) atoms. The van der Waals surface area contributed by atoms with Crippen LogP contribution in [0.25, 0.3) is 0 Å². The second-order valence-corrected chi connectivity index (χ2v) is 43.1. The largest absolute Gasteiger partial charge is 0.466 e.